The molecular formula is C27H37ClN4O3. The van der Waals surface area contributed by atoms with Gasteiger partial charge in [0.2, 0.25) is 5.91 Å². The summed E-state index contributed by atoms with van der Waals surface area (Å²) in [5.74, 6) is 0.0308. The number of carbonyl (C=O) groups excluding carboxylic acids is 2. The van der Waals surface area contributed by atoms with E-state index in [1.54, 1.807) is 0 Å². The van der Waals surface area contributed by atoms with Gasteiger partial charge in [-0.2, -0.15) is 0 Å². The van der Waals surface area contributed by atoms with Crippen LogP contribution in [0.4, 0.5) is 5.69 Å². The second-order valence-electron chi connectivity index (χ2n) is 8.82. The average molecular weight is 501 g/mol. The number of methoxy groups -OCH3 is 1. The Kier molecular flexibility index (Phi) is 11.6. The summed E-state index contributed by atoms with van der Waals surface area (Å²) >= 11 is 0. The lowest BCUT2D eigenvalue weighted by Crippen LogP contribution is -2.43. The zero-order valence-electron chi connectivity index (χ0n) is 20.4. The maximum absolute atomic E-state index is 13.4. The van der Waals surface area contributed by atoms with E-state index in [1.807, 2.05) is 47.4 Å². The molecule has 0 aliphatic carbocycles. The third-order valence-corrected chi connectivity index (χ3v) is 6.47. The molecular weight excluding hydrogens is 464 g/mol. The number of nitrogens with one attached hydrogen (secondary N) is 1. The summed E-state index contributed by atoms with van der Waals surface area (Å²) in [7, 11) is 1.40. The molecule has 1 amide bonds. The number of esters is 1. The predicted molar refractivity (Wildman–Crippen MR) is 142 cm³/mol. The molecule has 0 bridgehead atoms. The minimum absolute atomic E-state index is 0. The van der Waals surface area contributed by atoms with Crippen molar-refractivity contribution >= 4 is 35.8 Å². The second kappa shape index (κ2) is 14.4. The van der Waals surface area contributed by atoms with E-state index < -0.39 is 0 Å². The first-order valence-corrected chi connectivity index (χ1v) is 12.1. The maximum atomic E-state index is 13.4. The van der Waals surface area contributed by atoms with E-state index in [2.05, 4.69) is 17.0 Å². The molecule has 0 atom stereocenters. The largest absolute Gasteiger partial charge is 0.469 e. The van der Waals surface area contributed by atoms with Crippen molar-refractivity contribution in [1.82, 2.24) is 4.90 Å². The van der Waals surface area contributed by atoms with Gasteiger partial charge in [0.25, 0.3) is 0 Å². The number of carbonyl (C=O) groups is 2. The van der Waals surface area contributed by atoms with Crippen LogP contribution in [-0.2, 0) is 20.7 Å². The van der Waals surface area contributed by atoms with Gasteiger partial charge >= 0.3 is 5.97 Å². The molecule has 2 aromatic rings. The van der Waals surface area contributed by atoms with E-state index in [1.165, 1.54) is 12.7 Å². The Labute approximate surface area is 214 Å². The van der Waals surface area contributed by atoms with Gasteiger partial charge in [-0.15, -0.1) is 12.4 Å². The van der Waals surface area contributed by atoms with Gasteiger partial charge in [0.05, 0.1) is 7.11 Å². The zero-order chi connectivity index (χ0) is 24.3. The highest BCUT2D eigenvalue weighted by Gasteiger charge is 2.28. The normalized spacial score (nSPS) is 13.6. The summed E-state index contributed by atoms with van der Waals surface area (Å²) in [4.78, 5) is 29.2. The van der Waals surface area contributed by atoms with Crippen molar-refractivity contribution in [2.24, 2.45) is 11.7 Å². The van der Waals surface area contributed by atoms with E-state index in [4.69, 9.17) is 15.9 Å². The molecule has 0 radical (unpaired) electrons. The van der Waals surface area contributed by atoms with Gasteiger partial charge in [-0.05, 0) is 61.9 Å². The summed E-state index contributed by atoms with van der Waals surface area (Å²) in [5.41, 5.74) is 8.63. The van der Waals surface area contributed by atoms with Crippen LogP contribution in [0.2, 0.25) is 0 Å². The summed E-state index contributed by atoms with van der Waals surface area (Å²) in [6.07, 6.45) is 4.38. The fraction of sp³-hybridized carbons (Fsp3) is 0.444. The van der Waals surface area contributed by atoms with E-state index >= 15 is 0 Å². The number of hydrogen-bond acceptors (Lipinski definition) is 5. The average Bonchev–Trinajstić information content (AvgIpc) is 2.88. The lowest BCUT2D eigenvalue weighted by Gasteiger charge is -2.35. The predicted octanol–water partition coefficient (Wildman–Crippen LogP) is 4.02. The number of benzene rings is 2. The lowest BCUT2D eigenvalue weighted by molar-refractivity contribution is -0.142. The quantitative estimate of drug-likeness (QED) is 0.276. The first-order chi connectivity index (χ1) is 16.5. The van der Waals surface area contributed by atoms with Gasteiger partial charge in [0.15, 0.2) is 0 Å². The van der Waals surface area contributed by atoms with Crippen LogP contribution < -0.4 is 10.6 Å². The van der Waals surface area contributed by atoms with Crippen molar-refractivity contribution in [3.63, 3.8) is 0 Å². The van der Waals surface area contributed by atoms with Crippen molar-refractivity contribution in [3.8, 4) is 0 Å². The Morgan fingerprint density at radius 2 is 1.66 bits per heavy atom. The molecule has 0 saturated carbocycles. The Balaban J connectivity index is 0.00000432. The topological polar surface area (TPSA) is 99.7 Å². The number of nitrogens with two attached hydrogens (primary N) is 1. The number of nitrogen functional groups attached to an aromatic ring is 1. The van der Waals surface area contributed by atoms with Crippen molar-refractivity contribution in [2.45, 2.75) is 38.5 Å². The monoisotopic (exact) mass is 500 g/mol. The van der Waals surface area contributed by atoms with E-state index in [0.717, 1.165) is 44.5 Å². The summed E-state index contributed by atoms with van der Waals surface area (Å²) in [6.45, 7) is 2.91. The van der Waals surface area contributed by atoms with Crippen LogP contribution in [0.25, 0.3) is 0 Å². The number of nitrogens with zero attached hydrogens (tertiary/aromatic N) is 2. The van der Waals surface area contributed by atoms with Crippen LogP contribution in [0, 0.1) is 11.3 Å². The number of hydrogen-bond donors (Lipinski definition) is 2. The van der Waals surface area contributed by atoms with Crippen LogP contribution in [-0.4, -0.2) is 55.9 Å². The van der Waals surface area contributed by atoms with Gasteiger partial charge in [0.1, 0.15) is 5.84 Å². The minimum Gasteiger partial charge on any atom is -0.469 e. The highest BCUT2D eigenvalue weighted by atomic mass is 35.5. The zero-order valence-corrected chi connectivity index (χ0v) is 21.3. The molecule has 0 spiro atoms. The standard InChI is InChI=1S/C27H36N4O3.ClH/c1-34-25(32)10-6-18-31(17-5-9-21-7-3-2-4-8-21)27(33)23-15-19-30(20-16-23)24-13-11-22(12-14-24)26(28)29;/h2-4,7-8,11-14,23H,5-6,9-10,15-20H2,1H3,(H3,28,29);1H. The molecule has 190 valence electrons. The molecule has 1 aliphatic heterocycles. The van der Waals surface area contributed by atoms with E-state index in [9.17, 15) is 9.59 Å². The Morgan fingerprint density at radius 1 is 1.03 bits per heavy atom. The number of halogens is 1. The maximum Gasteiger partial charge on any atom is 0.305 e. The number of ether oxygens (including phenoxy) is 1. The molecule has 1 aliphatic rings. The molecule has 8 heteroatoms. The van der Waals surface area contributed by atoms with Crippen molar-refractivity contribution in [1.29, 1.82) is 5.41 Å². The first-order valence-electron chi connectivity index (χ1n) is 12.1. The summed E-state index contributed by atoms with van der Waals surface area (Å²) in [5, 5.41) is 7.54. The number of amides is 1. The van der Waals surface area contributed by atoms with Crippen LogP contribution >= 0.6 is 12.4 Å². The lowest BCUT2D eigenvalue weighted by atomic mass is 9.94. The van der Waals surface area contributed by atoms with Crippen molar-refractivity contribution in [2.75, 3.05) is 38.2 Å². The van der Waals surface area contributed by atoms with Crippen molar-refractivity contribution in [3.05, 3.63) is 65.7 Å². The van der Waals surface area contributed by atoms with E-state index in [0.29, 0.717) is 31.5 Å². The van der Waals surface area contributed by atoms with Crippen molar-refractivity contribution < 1.29 is 14.3 Å². The molecule has 2 aromatic carbocycles. The minimum atomic E-state index is -0.235. The molecule has 7 nitrogen and oxygen atoms in total. The van der Waals surface area contributed by atoms with Crippen LogP contribution in [0.3, 0.4) is 0 Å². The second-order valence-corrected chi connectivity index (χ2v) is 8.82. The third kappa shape index (κ3) is 8.58. The Hall–Kier alpha value is -3.06. The van der Waals surface area contributed by atoms with Crippen LogP contribution in [0.5, 0.6) is 0 Å². The number of piperidine rings is 1. The number of aryl methyl sites for hydroxylation is 1. The number of anilines is 1. The molecule has 3 N–H and O–H groups in total. The molecule has 1 heterocycles. The van der Waals surface area contributed by atoms with E-state index in [-0.39, 0.29) is 36.0 Å². The van der Waals surface area contributed by atoms with Gasteiger partial charge in [0, 0.05) is 49.8 Å². The summed E-state index contributed by atoms with van der Waals surface area (Å²) in [6, 6.07) is 18.0. The number of amidine groups is 1. The van der Waals surface area contributed by atoms with Crippen LogP contribution in [0.15, 0.2) is 54.6 Å². The van der Waals surface area contributed by atoms with Gasteiger partial charge in [-0.3, -0.25) is 15.0 Å². The highest BCUT2D eigenvalue weighted by molar-refractivity contribution is 5.95. The Bertz CT molecular complexity index is 945. The molecule has 3 rings (SSSR count). The fourth-order valence-electron chi connectivity index (χ4n) is 4.46. The molecule has 35 heavy (non-hydrogen) atoms. The third-order valence-electron chi connectivity index (χ3n) is 6.47. The SMILES string of the molecule is COC(=O)CCCN(CCCc1ccccc1)C(=O)C1CCN(c2ccc(C(=N)N)cc2)CC1.Cl. The highest BCUT2D eigenvalue weighted by Crippen LogP contribution is 2.25. The molecule has 0 aromatic heterocycles. The molecule has 1 fully saturated rings. The first kappa shape index (κ1) is 28.2. The van der Waals surface area contributed by atoms with Crippen LogP contribution in [0.1, 0.15) is 43.2 Å². The van der Waals surface area contributed by atoms with Gasteiger partial charge in [-0.1, -0.05) is 30.3 Å². The summed E-state index contributed by atoms with van der Waals surface area (Å²) < 4.78 is 4.76. The smallest absolute Gasteiger partial charge is 0.305 e. The van der Waals surface area contributed by atoms with Gasteiger partial charge in [-0.25, -0.2) is 0 Å². The molecule has 0 unspecified atom stereocenters. The van der Waals surface area contributed by atoms with Gasteiger partial charge < -0.3 is 20.3 Å². The Morgan fingerprint density at radius 3 is 2.26 bits per heavy atom. The number of rotatable bonds is 11. The molecule has 1 saturated heterocycles. The fourth-order valence-corrected chi connectivity index (χ4v) is 4.46.